The lowest BCUT2D eigenvalue weighted by atomic mass is 10.2. The molecule has 1 aliphatic carbocycles. The Bertz CT molecular complexity index is 1160. The van der Waals surface area contributed by atoms with Gasteiger partial charge in [-0.1, -0.05) is 11.6 Å². The number of hydrogen-bond donors (Lipinski definition) is 2. The second kappa shape index (κ2) is 8.84. The summed E-state index contributed by atoms with van der Waals surface area (Å²) < 4.78 is 9.68. The lowest BCUT2D eigenvalue weighted by Gasteiger charge is -2.25. The second-order valence-electron chi connectivity index (χ2n) is 9.64. The van der Waals surface area contributed by atoms with Crippen molar-refractivity contribution in [2.45, 2.75) is 78.1 Å². The molecule has 3 rings (SSSR count). The van der Waals surface area contributed by atoms with E-state index in [1.807, 2.05) is 40.7 Å². The first-order chi connectivity index (χ1) is 14.9. The van der Waals surface area contributed by atoms with Crippen molar-refractivity contribution in [2.75, 3.05) is 5.32 Å². The fourth-order valence-corrected chi connectivity index (χ4v) is 3.94. The Labute approximate surface area is 187 Å². The van der Waals surface area contributed by atoms with Crippen LogP contribution in [0.2, 0.25) is 0 Å². The maximum absolute atomic E-state index is 12.9. The number of alkyl carbamates (subject to hydrolysis) is 1. The first-order valence-corrected chi connectivity index (χ1v) is 10.9. The lowest BCUT2D eigenvalue weighted by molar-refractivity contribution is 0.0503. The lowest BCUT2D eigenvalue weighted by Crippen LogP contribution is -2.45. The van der Waals surface area contributed by atoms with E-state index in [9.17, 15) is 14.4 Å². The molecule has 2 aromatic heterocycles. The molecule has 10 nitrogen and oxygen atoms in total. The number of allylic oxidation sites excluding steroid dienone is 2. The van der Waals surface area contributed by atoms with Crippen LogP contribution >= 0.6 is 0 Å². The van der Waals surface area contributed by atoms with Crippen molar-refractivity contribution in [3.63, 3.8) is 0 Å². The zero-order valence-electron chi connectivity index (χ0n) is 20.0. The summed E-state index contributed by atoms with van der Waals surface area (Å²) in [6, 6.07) is -0.209. The Morgan fingerprint density at radius 1 is 1.16 bits per heavy atom. The number of nitrogens with one attached hydrogen (secondary N) is 2. The fourth-order valence-electron chi connectivity index (χ4n) is 3.94. The Morgan fingerprint density at radius 2 is 1.81 bits per heavy atom. The van der Waals surface area contributed by atoms with Gasteiger partial charge in [0.05, 0.1) is 6.04 Å². The van der Waals surface area contributed by atoms with E-state index in [2.05, 4.69) is 15.6 Å². The van der Waals surface area contributed by atoms with Gasteiger partial charge >= 0.3 is 11.8 Å². The predicted molar refractivity (Wildman–Crippen MR) is 124 cm³/mol. The van der Waals surface area contributed by atoms with Gasteiger partial charge in [0.1, 0.15) is 5.60 Å². The summed E-state index contributed by atoms with van der Waals surface area (Å²) in [7, 11) is 3.07. The number of anilines is 1. The predicted octanol–water partition coefficient (Wildman–Crippen LogP) is 2.26. The number of aromatic nitrogens is 4. The highest BCUT2D eigenvalue weighted by Gasteiger charge is 2.32. The summed E-state index contributed by atoms with van der Waals surface area (Å²) in [5, 5.41) is 6.38. The molecule has 2 aromatic rings. The van der Waals surface area contributed by atoms with Gasteiger partial charge in [0.25, 0.3) is 5.56 Å². The smallest absolute Gasteiger partial charge is 0.407 e. The molecule has 2 N–H and O–H groups in total. The Balaban J connectivity index is 1.98. The third-order valence-electron chi connectivity index (χ3n) is 5.56. The van der Waals surface area contributed by atoms with Crippen molar-refractivity contribution in [1.29, 1.82) is 0 Å². The zero-order chi connectivity index (χ0) is 23.8. The quantitative estimate of drug-likeness (QED) is 0.682. The number of carbonyl (C=O) groups is 1. The van der Waals surface area contributed by atoms with E-state index in [1.165, 1.54) is 11.6 Å². The van der Waals surface area contributed by atoms with E-state index in [-0.39, 0.29) is 17.6 Å². The SMILES string of the molecule is CC(C)=CCn1c(NC2CCCC2NC(=O)OC(C)(C)C)nc2c1c(=O)n(C)c(=O)n2C. The zero-order valence-corrected chi connectivity index (χ0v) is 20.0. The van der Waals surface area contributed by atoms with Crippen molar-refractivity contribution in [1.82, 2.24) is 24.0 Å². The van der Waals surface area contributed by atoms with E-state index in [1.54, 1.807) is 11.6 Å². The van der Waals surface area contributed by atoms with Crippen molar-refractivity contribution in [3.05, 3.63) is 32.5 Å². The van der Waals surface area contributed by atoms with Crippen LogP contribution < -0.4 is 21.9 Å². The molecule has 2 atom stereocenters. The molecule has 0 aromatic carbocycles. The number of amides is 1. The van der Waals surface area contributed by atoms with E-state index in [0.29, 0.717) is 23.7 Å². The maximum atomic E-state index is 12.9. The minimum absolute atomic E-state index is 0.0781. The standard InChI is InChI=1S/C22H34N6O4/c1-13(2)11-12-28-16-17(26(6)21(31)27(7)18(16)29)25-19(28)23-14-9-8-10-15(14)24-20(30)32-22(3,4)5/h11,14-15H,8-10,12H2,1-7H3,(H,23,25)(H,24,30). The Hall–Kier alpha value is -3.04. The van der Waals surface area contributed by atoms with Gasteiger partial charge < -0.3 is 19.9 Å². The summed E-state index contributed by atoms with van der Waals surface area (Å²) in [6.07, 6.45) is 4.13. The molecule has 0 spiro atoms. The van der Waals surface area contributed by atoms with E-state index in [4.69, 9.17) is 4.74 Å². The summed E-state index contributed by atoms with van der Waals surface area (Å²) in [5.74, 6) is 0.499. The van der Waals surface area contributed by atoms with Crippen LogP contribution in [-0.2, 0) is 25.4 Å². The Morgan fingerprint density at radius 3 is 2.44 bits per heavy atom. The molecule has 0 radical (unpaired) electrons. The molecule has 0 bridgehead atoms. The summed E-state index contributed by atoms with van der Waals surface area (Å²) in [4.78, 5) is 42.2. The minimum Gasteiger partial charge on any atom is -0.444 e. The van der Waals surface area contributed by atoms with Gasteiger partial charge in [-0.2, -0.15) is 4.98 Å². The molecule has 10 heteroatoms. The maximum Gasteiger partial charge on any atom is 0.407 e. The van der Waals surface area contributed by atoms with Gasteiger partial charge in [-0.15, -0.1) is 0 Å². The number of rotatable bonds is 5. The number of hydrogen-bond acceptors (Lipinski definition) is 6. The third-order valence-corrected chi connectivity index (χ3v) is 5.56. The second-order valence-corrected chi connectivity index (χ2v) is 9.64. The highest BCUT2D eigenvalue weighted by molar-refractivity contribution is 5.74. The first kappa shape index (κ1) is 23.6. The molecule has 1 saturated carbocycles. The Kier molecular flexibility index (Phi) is 6.52. The van der Waals surface area contributed by atoms with Crippen LogP contribution in [-0.4, -0.2) is 42.5 Å². The first-order valence-electron chi connectivity index (χ1n) is 10.9. The van der Waals surface area contributed by atoms with Crippen molar-refractivity contribution in [2.24, 2.45) is 14.1 Å². The fraction of sp³-hybridized carbons (Fsp3) is 0.636. The summed E-state index contributed by atoms with van der Waals surface area (Å²) in [5.41, 5.74) is 0.410. The molecular formula is C22H34N6O4. The highest BCUT2D eigenvalue weighted by atomic mass is 16.6. The van der Waals surface area contributed by atoms with Crippen LogP contribution in [0.3, 0.4) is 0 Å². The minimum atomic E-state index is -0.575. The van der Waals surface area contributed by atoms with Crippen LogP contribution in [0.4, 0.5) is 10.7 Å². The van der Waals surface area contributed by atoms with Crippen LogP contribution in [0.25, 0.3) is 11.2 Å². The van der Waals surface area contributed by atoms with Gasteiger partial charge in [-0.3, -0.25) is 13.9 Å². The largest absolute Gasteiger partial charge is 0.444 e. The normalized spacial score (nSPS) is 18.6. The van der Waals surface area contributed by atoms with Crippen LogP contribution in [0.5, 0.6) is 0 Å². The van der Waals surface area contributed by atoms with Gasteiger partial charge in [0.2, 0.25) is 5.95 Å². The number of fused-ring (bicyclic) bond motifs is 1. The highest BCUT2D eigenvalue weighted by Crippen LogP contribution is 2.25. The molecule has 1 fully saturated rings. The third kappa shape index (κ3) is 4.89. The van der Waals surface area contributed by atoms with Gasteiger partial charge in [-0.05, 0) is 53.9 Å². The van der Waals surface area contributed by atoms with Gasteiger partial charge in [0, 0.05) is 26.7 Å². The van der Waals surface area contributed by atoms with Crippen LogP contribution in [0, 0.1) is 0 Å². The number of carbonyl (C=O) groups excluding carboxylic acids is 1. The number of nitrogens with zero attached hydrogens (tertiary/aromatic N) is 4. The summed E-state index contributed by atoms with van der Waals surface area (Å²) >= 11 is 0. The average Bonchev–Trinajstić information content (AvgIpc) is 3.26. The van der Waals surface area contributed by atoms with Crippen LogP contribution in [0.1, 0.15) is 53.9 Å². The molecule has 1 amide bonds. The number of imidazole rings is 1. The summed E-state index contributed by atoms with van der Waals surface area (Å²) in [6.45, 7) is 9.88. The van der Waals surface area contributed by atoms with Gasteiger partial charge in [-0.25, -0.2) is 9.59 Å². The van der Waals surface area contributed by atoms with Crippen LogP contribution in [0.15, 0.2) is 21.2 Å². The van der Waals surface area contributed by atoms with Crippen molar-refractivity contribution in [3.8, 4) is 0 Å². The molecule has 2 heterocycles. The van der Waals surface area contributed by atoms with E-state index >= 15 is 0 Å². The molecule has 32 heavy (non-hydrogen) atoms. The molecule has 2 unspecified atom stereocenters. The number of aryl methyl sites for hydroxylation is 1. The van der Waals surface area contributed by atoms with E-state index < -0.39 is 17.4 Å². The van der Waals surface area contributed by atoms with Gasteiger partial charge in [0.15, 0.2) is 11.2 Å². The molecule has 0 aliphatic heterocycles. The van der Waals surface area contributed by atoms with E-state index in [0.717, 1.165) is 29.4 Å². The number of ether oxygens (including phenoxy) is 1. The monoisotopic (exact) mass is 446 g/mol. The van der Waals surface area contributed by atoms with Crippen molar-refractivity contribution >= 4 is 23.2 Å². The topological polar surface area (TPSA) is 112 Å². The molecule has 1 aliphatic rings. The molecule has 176 valence electrons. The molecular weight excluding hydrogens is 412 g/mol. The average molecular weight is 447 g/mol. The molecule has 0 saturated heterocycles. The van der Waals surface area contributed by atoms with Crippen molar-refractivity contribution < 1.29 is 9.53 Å².